The zero-order valence-corrected chi connectivity index (χ0v) is 8.66. The van der Waals surface area contributed by atoms with Gasteiger partial charge in [-0.25, -0.2) is 4.98 Å². The molecule has 2 aromatic rings. The SMILES string of the molecule is C=CCCOc1nc(Cl)nc2nc[nH]c12. The summed E-state index contributed by atoms with van der Waals surface area (Å²) in [5, 5.41) is 0.128. The lowest BCUT2D eigenvalue weighted by Gasteiger charge is -2.03. The molecule has 0 aliphatic heterocycles. The lowest BCUT2D eigenvalue weighted by molar-refractivity contribution is 0.315. The molecule has 0 aromatic carbocycles. The molecular formula is C9H9ClN4O. The fraction of sp³-hybridized carbons (Fsp3) is 0.222. The molecule has 0 aliphatic carbocycles. The van der Waals surface area contributed by atoms with Crippen LogP contribution in [0.15, 0.2) is 19.0 Å². The predicted octanol–water partition coefficient (Wildman–Crippen LogP) is 1.96. The van der Waals surface area contributed by atoms with Crippen molar-refractivity contribution in [2.75, 3.05) is 6.61 Å². The average molecular weight is 225 g/mol. The first kappa shape index (κ1) is 9.92. The molecule has 78 valence electrons. The minimum atomic E-state index is 0.128. The molecule has 0 unspecified atom stereocenters. The fourth-order valence-corrected chi connectivity index (χ4v) is 1.28. The molecule has 5 nitrogen and oxygen atoms in total. The minimum Gasteiger partial charge on any atom is -0.476 e. The van der Waals surface area contributed by atoms with Gasteiger partial charge < -0.3 is 9.72 Å². The Morgan fingerprint density at radius 3 is 3.20 bits per heavy atom. The van der Waals surface area contributed by atoms with Gasteiger partial charge in [-0.05, 0) is 18.0 Å². The summed E-state index contributed by atoms with van der Waals surface area (Å²) in [6.45, 7) is 4.11. The lowest BCUT2D eigenvalue weighted by atomic mass is 10.4. The van der Waals surface area contributed by atoms with Crippen molar-refractivity contribution in [2.24, 2.45) is 0 Å². The van der Waals surface area contributed by atoms with Crippen LogP contribution in [0, 0.1) is 0 Å². The molecule has 0 bridgehead atoms. The summed E-state index contributed by atoms with van der Waals surface area (Å²) in [5.74, 6) is 0.421. The Balaban J connectivity index is 2.31. The topological polar surface area (TPSA) is 63.7 Å². The van der Waals surface area contributed by atoms with Crippen molar-refractivity contribution in [1.82, 2.24) is 19.9 Å². The number of nitrogens with zero attached hydrogens (tertiary/aromatic N) is 3. The van der Waals surface area contributed by atoms with E-state index in [4.69, 9.17) is 16.3 Å². The number of rotatable bonds is 4. The maximum atomic E-state index is 5.72. The van der Waals surface area contributed by atoms with Gasteiger partial charge >= 0.3 is 0 Å². The molecule has 0 radical (unpaired) electrons. The average Bonchev–Trinajstić information content (AvgIpc) is 2.65. The third-order valence-corrected chi connectivity index (χ3v) is 1.95. The van der Waals surface area contributed by atoms with Gasteiger partial charge in [0.15, 0.2) is 5.65 Å². The summed E-state index contributed by atoms with van der Waals surface area (Å²) in [4.78, 5) is 14.8. The van der Waals surface area contributed by atoms with E-state index in [0.29, 0.717) is 23.7 Å². The van der Waals surface area contributed by atoms with Crippen LogP contribution >= 0.6 is 11.6 Å². The number of ether oxygens (including phenoxy) is 1. The van der Waals surface area contributed by atoms with E-state index in [9.17, 15) is 0 Å². The second-order valence-electron chi connectivity index (χ2n) is 2.82. The van der Waals surface area contributed by atoms with Gasteiger partial charge in [0.05, 0.1) is 12.9 Å². The van der Waals surface area contributed by atoms with Crippen molar-refractivity contribution in [2.45, 2.75) is 6.42 Å². The molecule has 2 aromatic heterocycles. The Hall–Kier alpha value is -1.62. The van der Waals surface area contributed by atoms with Crippen LogP contribution in [0.2, 0.25) is 5.28 Å². The third-order valence-electron chi connectivity index (χ3n) is 1.79. The fourth-order valence-electron chi connectivity index (χ4n) is 1.12. The van der Waals surface area contributed by atoms with Gasteiger partial charge in [0.25, 0.3) is 0 Å². The number of hydrogen-bond donors (Lipinski definition) is 1. The third kappa shape index (κ3) is 2.07. The summed E-state index contributed by atoms with van der Waals surface area (Å²) in [7, 11) is 0. The van der Waals surface area contributed by atoms with Crippen LogP contribution in [0.25, 0.3) is 11.2 Å². The number of nitrogens with one attached hydrogen (secondary N) is 1. The lowest BCUT2D eigenvalue weighted by Crippen LogP contribution is -1.99. The number of aromatic nitrogens is 4. The number of imidazole rings is 1. The Labute approximate surface area is 91.2 Å². The summed E-state index contributed by atoms with van der Waals surface area (Å²) in [6.07, 6.45) is 4.04. The van der Waals surface area contributed by atoms with Crippen LogP contribution < -0.4 is 4.74 Å². The molecule has 0 saturated carbocycles. The summed E-state index contributed by atoms with van der Waals surface area (Å²) < 4.78 is 5.42. The summed E-state index contributed by atoms with van der Waals surface area (Å²) in [5.41, 5.74) is 1.16. The van der Waals surface area contributed by atoms with Crippen molar-refractivity contribution < 1.29 is 4.74 Å². The molecule has 6 heteroatoms. The number of aromatic amines is 1. The smallest absolute Gasteiger partial charge is 0.244 e. The molecular weight excluding hydrogens is 216 g/mol. The van der Waals surface area contributed by atoms with Crippen LogP contribution in [0.1, 0.15) is 6.42 Å². The van der Waals surface area contributed by atoms with Gasteiger partial charge in [-0.15, -0.1) is 6.58 Å². The highest BCUT2D eigenvalue weighted by atomic mass is 35.5. The predicted molar refractivity (Wildman–Crippen MR) is 57.0 cm³/mol. The first-order chi connectivity index (χ1) is 7.31. The van der Waals surface area contributed by atoms with Crippen molar-refractivity contribution in [3.63, 3.8) is 0 Å². The highest BCUT2D eigenvalue weighted by Gasteiger charge is 2.09. The Bertz CT molecular complexity index is 482. The van der Waals surface area contributed by atoms with Crippen LogP contribution in [0.4, 0.5) is 0 Å². The number of fused-ring (bicyclic) bond motifs is 1. The van der Waals surface area contributed by atoms with Crippen molar-refractivity contribution >= 4 is 22.8 Å². The highest BCUT2D eigenvalue weighted by Crippen LogP contribution is 2.20. The van der Waals surface area contributed by atoms with Crippen molar-refractivity contribution in [3.05, 3.63) is 24.3 Å². The molecule has 0 amide bonds. The van der Waals surface area contributed by atoms with Crippen LogP contribution in [0.3, 0.4) is 0 Å². The Morgan fingerprint density at radius 1 is 1.53 bits per heavy atom. The number of halogens is 1. The first-order valence-corrected chi connectivity index (χ1v) is 4.79. The molecule has 0 aliphatic rings. The monoisotopic (exact) mass is 224 g/mol. The Morgan fingerprint density at radius 2 is 2.40 bits per heavy atom. The quantitative estimate of drug-likeness (QED) is 0.490. The maximum Gasteiger partial charge on any atom is 0.244 e. The van der Waals surface area contributed by atoms with Gasteiger partial charge in [-0.3, -0.25) is 0 Å². The highest BCUT2D eigenvalue weighted by molar-refractivity contribution is 6.28. The molecule has 0 saturated heterocycles. The summed E-state index contributed by atoms with van der Waals surface area (Å²) in [6, 6.07) is 0. The number of H-pyrrole nitrogens is 1. The van der Waals surface area contributed by atoms with Crippen molar-refractivity contribution in [1.29, 1.82) is 0 Å². The van der Waals surface area contributed by atoms with E-state index in [1.54, 1.807) is 6.08 Å². The molecule has 0 fully saturated rings. The van der Waals surface area contributed by atoms with Crippen LogP contribution in [-0.2, 0) is 0 Å². The Kier molecular flexibility index (Phi) is 2.82. The van der Waals surface area contributed by atoms with E-state index in [1.165, 1.54) is 6.33 Å². The largest absolute Gasteiger partial charge is 0.476 e. The molecule has 0 spiro atoms. The first-order valence-electron chi connectivity index (χ1n) is 4.41. The molecule has 2 rings (SSSR count). The normalized spacial score (nSPS) is 10.5. The molecule has 15 heavy (non-hydrogen) atoms. The zero-order chi connectivity index (χ0) is 10.7. The van der Waals surface area contributed by atoms with Crippen molar-refractivity contribution in [3.8, 4) is 5.88 Å². The number of hydrogen-bond acceptors (Lipinski definition) is 4. The van der Waals surface area contributed by atoms with Crippen LogP contribution in [-0.4, -0.2) is 26.5 Å². The van der Waals surface area contributed by atoms with Gasteiger partial charge in [-0.1, -0.05) is 6.08 Å². The van der Waals surface area contributed by atoms with E-state index in [2.05, 4.69) is 26.5 Å². The standard InChI is InChI=1S/C9H9ClN4O/c1-2-3-4-15-8-6-7(12-5-11-6)13-9(10)14-8/h2,5H,1,3-4H2,(H,11,12,13,14). The molecule has 2 heterocycles. The van der Waals surface area contributed by atoms with Gasteiger partial charge in [-0.2, -0.15) is 9.97 Å². The van der Waals surface area contributed by atoms with Crippen LogP contribution in [0.5, 0.6) is 5.88 Å². The maximum absolute atomic E-state index is 5.72. The van der Waals surface area contributed by atoms with E-state index in [0.717, 1.165) is 6.42 Å². The second kappa shape index (κ2) is 4.27. The van der Waals surface area contributed by atoms with E-state index in [1.807, 2.05) is 0 Å². The van der Waals surface area contributed by atoms with Gasteiger partial charge in [0.1, 0.15) is 5.52 Å². The van der Waals surface area contributed by atoms with E-state index in [-0.39, 0.29) is 5.28 Å². The zero-order valence-electron chi connectivity index (χ0n) is 7.90. The second-order valence-corrected chi connectivity index (χ2v) is 3.16. The van der Waals surface area contributed by atoms with Gasteiger partial charge in [0, 0.05) is 0 Å². The minimum absolute atomic E-state index is 0.128. The van der Waals surface area contributed by atoms with E-state index >= 15 is 0 Å². The van der Waals surface area contributed by atoms with E-state index < -0.39 is 0 Å². The molecule has 1 N–H and O–H groups in total. The molecule has 0 atom stereocenters. The summed E-state index contributed by atoms with van der Waals surface area (Å²) >= 11 is 5.72. The van der Waals surface area contributed by atoms with Gasteiger partial charge in [0.2, 0.25) is 11.2 Å².